The summed E-state index contributed by atoms with van der Waals surface area (Å²) in [5.41, 5.74) is 6.72. The molecule has 1 rings (SSSR count). The molecule has 2 nitrogen and oxygen atoms in total. The van der Waals surface area contributed by atoms with E-state index in [1.807, 2.05) is 0 Å². The van der Waals surface area contributed by atoms with Gasteiger partial charge in [0.1, 0.15) is 0 Å². The Morgan fingerprint density at radius 1 is 1.38 bits per heavy atom. The molecular weight excluding hydrogens is 207 g/mol. The average Bonchev–Trinajstić information content (AvgIpc) is 2.04. The second kappa shape index (κ2) is 4.80. The molecule has 1 aromatic rings. The molecule has 72 valence electrons. The summed E-state index contributed by atoms with van der Waals surface area (Å²) in [5, 5.41) is 1.10. The predicted octanol–water partition coefficient (Wildman–Crippen LogP) is 3.19. The normalized spacial score (nSPS) is 12.9. The van der Waals surface area contributed by atoms with Crippen LogP contribution in [0.4, 0.5) is 0 Å². The van der Waals surface area contributed by atoms with Crippen LogP contribution in [0, 0.1) is 0 Å². The fourth-order valence-electron chi connectivity index (χ4n) is 1.23. The zero-order valence-corrected chi connectivity index (χ0v) is 8.94. The molecule has 1 atom stereocenters. The third kappa shape index (κ3) is 2.56. The Hall–Kier alpha value is -0.310. The zero-order valence-electron chi connectivity index (χ0n) is 7.43. The number of aromatic nitrogens is 1. The fraction of sp³-hybridized carbons (Fsp3) is 0.444. The molecule has 1 unspecified atom stereocenters. The van der Waals surface area contributed by atoms with E-state index < -0.39 is 0 Å². The van der Waals surface area contributed by atoms with E-state index in [2.05, 4.69) is 11.9 Å². The second-order valence-electron chi connectivity index (χ2n) is 2.91. The molecule has 4 heteroatoms. The summed E-state index contributed by atoms with van der Waals surface area (Å²) >= 11 is 11.9. The highest BCUT2D eigenvalue weighted by atomic mass is 35.5. The van der Waals surface area contributed by atoms with Crippen LogP contribution < -0.4 is 5.73 Å². The van der Waals surface area contributed by atoms with Crippen LogP contribution in [0.5, 0.6) is 0 Å². The van der Waals surface area contributed by atoms with Crippen molar-refractivity contribution in [1.82, 2.24) is 4.98 Å². The van der Waals surface area contributed by atoms with Gasteiger partial charge in [-0.15, -0.1) is 0 Å². The van der Waals surface area contributed by atoms with E-state index in [9.17, 15) is 0 Å². The van der Waals surface area contributed by atoms with Gasteiger partial charge >= 0.3 is 0 Å². The van der Waals surface area contributed by atoms with Crippen molar-refractivity contribution in [3.05, 3.63) is 28.0 Å². The van der Waals surface area contributed by atoms with Crippen molar-refractivity contribution < 1.29 is 0 Å². The lowest BCUT2D eigenvalue weighted by Gasteiger charge is -2.13. The Labute approximate surface area is 88.1 Å². The summed E-state index contributed by atoms with van der Waals surface area (Å²) in [4.78, 5) is 3.87. The first kappa shape index (κ1) is 10.8. The Bertz CT molecular complexity index is 269. The van der Waals surface area contributed by atoms with E-state index in [0.29, 0.717) is 10.0 Å². The molecule has 1 heterocycles. The summed E-state index contributed by atoms with van der Waals surface area (Å²) in [6.45, 7) is 2.07. The third-order valence-electron chi connectivity index (χ3n) is 1.86. The molecule has 0 bridgehead atoms. The van der Waals surface area contributed by atoms with Crippen LogP contribution in [0.2, 0.25) is 10.0 Å². The monoisotopic (exact) mass is 218 g/mol. The van der Waals surface area contributed by atoms with E-state index >= 15 is 0 Å². The number of nitrogens with two attached hydrogens (primary N) is 1. The highest BCUT2D eigenvalue weighted by Gasteiger charge is 2.13. The summed E-state index contributed by atoms with van der Waals surface area (Å²) in [7, 11) is 0. The van der Waals surface area contributed by atoms with Crippen LogP contribution in [0.1, 0.15) is 31.4 Å². The summed E-state index contributed by atoms with van der Waals surface area (Å²) in [5.74, 6) is 0. The van der Waals surface area contributed by atoms with Gasteiger partial charge in [0.2, 0.25) is 0 Å². The molecule has 13 heavy (non-hydrogen) atoms. The van der Waals surface area contributed by atoms with Crippen LogP contribution in [0.3, 0.4) is 0 Å². The van der Waals surface area contributed by atoms with Gasteiger partial charge in [0.25, 0.3) is 0 Å². The first-order chi connectivity index (χ1) is 6.16. The second-order valence-corrected chi connectivity index (χ2v) is 3.73. The van der Waals surface area contributed by atoms with Crippen molar-refractivity contribution in [1.29, 1.82) is 0 Å². The van der Waals surface area contributed by atoms with Gasteiger partial charge in [-0.1, -0.05) is 36.5 Å². The summed E-state index contributed by atoms with van der Waals surface area (Å²) in [6, 6.07) is -0.0898. The standard InChI is InChI=1S/C9H12Cl2N2/c1-2-3-8(12)9-6(10)4-13-5-7(9)11/h4-5,8H,2-3,12H2,1H3. The smallest absolute Gasteiger partial charge is 0.0651 e. The zero-order chi connectivity index (χ0) is 9.84. The Kier molecular flexibility index (Phi) is 3.97. The minimum atomic E-state index is -0.0898. The summed E-state index contributed by atoms with van der Waals surface area (Å²) in [6.07, 6.45) is 5.02. The molecule has 0 aliphatic rings. The van der Waals surface area contributed by atoms with Gasteiger partial charge in [0.05, 0.1) is 10.0 Å². The predicted molar refractivity (Wildman–Crippen MR) is 56.1 cm³/mol. The molecular formula is C9H12Cl2N2. The Balaban J connectivity index is 2.98. The molecule has 1 aromatic heterocycles. The largest absolute Gasteiger partial charge is 0.324 e. The number of hydrogen-bond donors (Lipinski definition) is 1. The van der Waals surface area contributed by atoms with Gasteiger partial charge in [0.15, 0.2) is 0 Å². The van der Waals surface area contributed by atoms with Crippen LogP contribution in [0.25, 0.3) is 0 Å². The van der Waals surface area contributed by atoms with E-state index in [1.165, 1.54) is 0 Å². The lowest BCUT2D eigenvalue weighted by Crippen LogP contribution is -2.11. The fourth-order valence-corrected chi connectivity index (χ4v) is 1.88. The molecule has 0 saturated heterocycles. The number of rotatable bonds is 3. The molecule has 0 aliphatic carbocycles. The van der Waals surface area contributed by atoms with Crippen LogP contribution >= 0.6 is 23.2 Å². The molecule has 2 N–H and O–H groups in total. The van der Waals surface area contributed by atoms with Gasteiger partial charge in [-0.3, -0.25) is 4.98 Å². The van der Waals surface area contributed by atoms with E-state index in [1.54, 1.807) is 12.4 Å². The average molecular weight is 219 g/mol. The maximum absolute atomic E-state index is 5.93. The SMILES string of the molecule is CCCC(N)c1c(Cl)cncc1Cl. The number of halogens is 2. The van der Waals surface area contributed by atoms with Crippen molar-refractivity contribution in [3.8, 4) is 0 Å². The lowest BCUT2D eigenvalue weighted by atomic mass is 10.0. The Morgan fingerprint density at radius 2 is 1.92 bits per heavy atom. The molecule has 0 spiro atoms. The minimum absolute atomic E-state index is 0.0898. The summed E-state index contributed by atoms with van der Waals surface area (Å²) < 4.78 is 0. The molecule has 0 fully saturated rings. The molecule has 0 saturated carbocycles. The maximum atomic E-state index is 5.93. The van der Waals surface area contributed by atoms with Crippen molar-refractivity contribution in [3.63, 3.8) is 0 Å². The molecule has 0 aliphatic heterocycles. The van der Waals surface area contributed by atoms with Crippen LogP contribution in [-0.2, 0) is 0 Å². The van der Waals surface area contributed by atoms with Gasteiger partial charge in [-0.05, 0) is 6.42 Å². The highest BCUT2D eigenvalue weighted by molar-refractivity contribution is 6.35. The van der Waals surface area contributed by atoms with E-state index in [0.717, 1.165) is 18.4 Å². The van der Waals surface area contributed by atoms with Gasteiger partial charge in [-0.2, -0.15) is 0 Å². The molecule has 0 radical (unpaired) electrons. The van der Waals surface area contributed by atoms with Crippen molar-refractivity contribution in [2.24, 2.45) is 5.73 Å². The van der Waals surface area contributed by atoms with Gasteiger partial charge in [-0.25, -0.2) is 0 Å². The van der Waals surface area contributed by atoms with E-state index in [4.69, 9.17) is 28.9 Å². The van der Waals surface area contributed by atoms with Crippen molar-refractivity contribution in [2.75, 3.05) is 0 Å². The highest BCUT2D eigenvalue weighted by Crippen LogP contribution is 2.29. The number of pyridine rings is 1. The molecule has 0 amide bonds. The number of hydrogen-bond acceptors (Lipinski definition) is 2. The van der Waals surface area contributed by atoms with Crippen LogP contribution in [-0.4, -0.2) is 4.98 Å². The van der Waals surface area contributed by atoms with E-state index in [-0.39, 0.29) is 6.04 Å². The number of nitrogens with zero attached hydrogens (tertiary/aromatic N) is 1. The lowest BCUT2D eigenvalue weighted by molar-refractivity contribution is 0.638. The van der Waals surface area contributed by atoms with Gasteiger partial charge in [0, 0.05) is 24.0 Å². The minimum Gasteiger partial charge on any atom is -0.324 e. The van der Waals surface area contributed by atoms with Crippen LogP contribution in [0.15, 0.2) is 12.4 Å². The third-order valence-corrected chi connectivity index (χ3v) is 2.46. The topological polar surface area (TPSA) is 38.9 Å². The maximum Gasteiger partial charge on any atom is 0.0651 e. The van der Waals surface area contributed by atoms with Crippen molar-refractivity contribution in [2.45, 2.75) is 25.8 Å². The van der Waals surface area contributed by atoms with Crippen molar-refractivity contribution >= 4 is 23.2 Å². The Morgan fingerprint density at radius 3 is 2.38 bits per heavy atom. The quantitative estimate of drug-likeness (QED) is 0.847. The molecule has 0 aromatic carbocycles. The van der Waals surface area contributed by atoms with Gasteiger partial charge < -0.3 is 5.73 Å². The first-order valence-electron chi connectivity index (χ1n) is 4.21. The first-order valence-corrected chi connectivity index (χ1v) is 4.97.